The van der Waals surface area contributed by atoms with Crippen molar-refractivity contribution in [3.63, 3.8) is 0 Å². The van der Waals surface area contributed by atoms with Crippen LogP contribution in [0.2, 0.25) is 5.02 Å². The largest absolute Gasteiger partial charge is 0.493 e. The predicted octanol–water partition coefficient (Wildman–Crippen LogP) is 3.09. The van der Waals surface area contributed by atoms with Gasteiger partial charge in [0.2, 0.25) is 0 Å². The molecular formula is C19H21ClN2O4. The minimum Gasteiger partial charge on any atom is -0.493 e. The third kappa shape index (κ3) is 5.13. The zero-order valence-corrected chi connectivity index (χ0v) is 15.4. The second-order valence-corrected chi connectivity index (χ2v) is 6.04. The molecule has 0 heterocycles. The number of ether oxygens (including phenoxy) is 2. The van der Waals surface area contributed by atoms with Gasteiger partial charge in [0, 0.05) is 10.6 Å². The zero-order valence-electron chi connectivity index (χ0n) is 14.6. The van der Waals surface area contributed by atoms with E-state index in [0.717, 1.165) is 12.0 Å². The summed E-state index contributed by atoms with van der Waals surface area (Å²) in [5.41, 5.74) is 6.46. The highest BCUT2D eigenvalue weighted by Gasteiger charge is 2.16. The second kappa shape index (κ2) is 9.10. The first-order valence-corrected chi connectivity index (χ1v) is 8.47. The Morgan fingerprint density at radius 2 is 1.85 bits per heavy atom. The fourth-order valence-electron chi connectivity index (χ4n) is 2.43. The molecule has 7 heteroatoms. The Morgan fingerprint density at radius 1 is 1.15 bits per heavy atom. The Bertz CT molecular complexity index is 778. The van der Waals surface area contributed by atoms with Crippen molar-refractivity contribution >= 4 is 23.4 Å². The molecule has 1 atom stereocenters. The van der Waals surface area contributed by atoms with Gasteiger partial charge in [-0.2, -0.15) is 0 Å². The second-order valence-electron chi connectivity index (χ2n) is 5.61. The molecular weight excluding hydrogens is 356 g/mol. The first kappa shape index (κ1) is 19.6. The molecule has 6 nitrogen and oxygen atoms in total. The van der Waals surface area contributed by atoms with Gasteiger partial charge in [0.25, 0.3) is 11.8 Å². The molecule has 0 fully saturated rings. The van der Waals surface area contributed by atoms with Gasteiger partial charge in [0.1, 0.15) is 0 Å². The Morgan fingerprint density at radius 3 is 2.42 bits per heavy atom. The number of hydrogen-bond acceptors (Lipinski definition) is 4. The molecule has 0 radical (unpaired) electrons. The lowest BCUT2D eigenvalue weighted by Gasteiger charge is -2.18. The summed E-state index contributed by atoms with van der Waals surface area (Å²) in [6.07, 6.45) is 0.727. The first-order chi connectivity index (χ1) is 12.4. The molecule has 0 spiro atoms. The number of halogens is 1. The SMILES string of the molecule is CCC(NC(=O)c1ccc(OCC(N)=O)c(OC)c1)c1ccc(Cl)cc1. The smallest absolute Gasteiger partial charge is 0.255 e. The van der Waals surface area contributed by atoms with Gasteiger partial charge in [-0.3, -0.25) is 9.59 Å². The molecule has 0 saturated heterocycles. The van der Waals surface area contributed by atoms with Gasteiger partial charge in [-0.1, -0.05) is 30.7 Å². The lowest BCUT2D eigenvalue weighted by atomic mass is 10.0. The molecule has 2 rings (SSSR count). The molecule has 0 saturated carbocycles. The maximum Gasteiger partial charge on any atom is 0.255 e. The number of carbonyl (C=O) groups is 2. The van der Waals surface area contributed by atoms with Crippen LogP contribution in [0.4, 0.5) is 0 Å². The van der Waals surface area contributed by atoms with E-state index in [1.165, 1.54) is 7.11 Å². The average Bonchev–Trinajstić information content (AvgIpc) is 2.64. The van der Waals surface area contributed by atoms with Gasteiger partial charge >= 0.3 is 0 Å². The lowest BCUT2D eigenvalue weighted by molar-refractivity contribution is -0.119. The summed E-state index contributed by atoms with van der Waals surface area (Å²) in [6, 6.07) is 11.9. The van der Waals surface area contributed by atoms with Crippen LogP contribution in [-0.2, 0) is 4.79 Å². The highest BCUT2D eigenvalue weighted by Crippen LogP contribution is 2.28. The summed E-state index contributed by atoms with van der Waals surface area (Å²) in [6.45, 7) is 1.72. The van der Waals surface area contributed by atoms with E-state index in [1.807, 2.05) is 19.1 Å². The number of rotatable bonds is 8. The van der Waals surface area contributed by atoms with Crippen LogP contribution in [0.25, 0.3) is 0 Å². The number of primary amides is 1. The van der Waals surface area contributed by atoms with Crippen LogP contribution in [0.15, 0.2) is 42.5 Å². The average molecular weight is 377 g/mol. The van der Waals surface area contributed by atoms with Crippen LogP contribution >= 0.6 is 11.6 Å². The highest BCUT2D eigenvalue weighted by molar-refractivity contribution is 6.30. The fourth-order valence-corrected chi connectivity index (χ4v) is 2.56. The Balaban J connectivity index is 2.14. The van der Waals surface area contributed by atoms with E-state index in [-0.39, 0.29) is 18.6 Å². The number of methoxy groups -OCH3 is 1. The Kier molecular flexibility index (Phi) is 6.86. The van der Waals surface area contributed by atoms with E-state index in [1.54, 1.807) is 30.3 Å². The van der Waals surface area contributed by atoms with Crippen molar-refractivity contribution in [3.05, 3.63) is 58.6 Å². The quantitative estimate of drug-likeness (QED) is 0.740. The van der Waals surface area contributed by atoms with E-state index in [0.29, 0.717) is 22.1 Å². The highest BCUT2D eigenvalue weighted by atomic mass is 35.5. The van der Waals surface area contributed by atoms with Crippen molar-refractivity contribution in [1.29, 1.82) is 0 Å². The van der Waals surface area contributed by atoms with Crippen molar-refractivity contribution < 1.29 is 19.1 Å². The van der Waals surface area contributed by atoms with Crippen LogP contribution in [0, 0.1) is 0 Å². The van der Waals surface area contributed by atoms with E-state index < -0.39 is 5.91 Å². The van der Waals surface area contributed by atoms with Gasteiger partial charge in [-0.25, -0.2) is 0 Å². The van der Waals surface area contributed by atoms with E-state index in [4.69, 9.17) is 26.8 Å². The van der Waals surface area contributed by atoms with Gasteiger partial charge < -0.3 is 20.5 Å². The number of nitrogens with two attached hydrogens (primary N) is 1. The molecule has 0 aliphatic carbocycles. The summed E-state index contributed by atoms with van der Waals surface area (Å²) < 4.78 is 10.5. The molecule has 0 aromatic heterocycles. The molecule has 0 aliphatic rings. The molecule has 0 bridgehead atoms. The number of benzene rings is 2. The summed E-state index contributed by atoms with van der Waals surface area (Å²) in [5.74, 6) is -0.153. The molecule has 0 aliphatic heterocycles. The molecule has 2 amide bonds. The third-order valence-corrected chi connectivity index (χ3v) is 4.03. The minimum atomic E-state index is -0.595. The summed E-state index contributed by atoms with van der Waals surface area (Å²) >= 11 is 5.91. The Labute approximate surface area is 157 Å². The van der Waals surface area contributed by atoms with Crippen molar-refractivity contribution in [1.82, 2.24) is 5.32 Å². The molecule has 1 unspecified atom stereocenters. The van der Waals surface area contributed by atoms with Gasteiger partial charge in [0.05, 0.1) is 13.2 Å². The monoisotopic (exact) mass is 376 g/mol. The maximum absolute atomic E-state index is 12.6. The number of hydrogen-bond donors (Lipinski definition) is 2. The number of carbonyl (C=O) groups excluding carboxylic acids is 2. The molecule has 26 heavy (non-hydrogen) atoms. The normalized spacial score (nSPS) is 11.5. The number of nitrogens with one attached hydrogen (secondary N) is 1. The lowest BCUT2D eigenvalue weighted by Crippen LogP contribution is -2.28. The van der Waals surface area contributed by atoms with Crippen LogP contribution in [0.1, 0.15) is 35.3 Å². The van der Waals surface area contributed by atoms with E-state index in [2.05, 4.69) is 5.32 Å². The standard InChI is InChI=1S/C19H21ClN2O4/c1-3-15(12-4-7-14(20)8-5-12)22-19(24)13-6-9-16(17(10-13)25-2)26-11-18(21)23/h4-10,15H,3,11H2,1-2H3,(H2,21,23)(H,22,24). The van der Waals surface area contributed by atoms with Crippen LogP contribution in [-0.4, -0.2) is 25.5 Å². The molecule has 138 valence electrons. The fraction of sp³-hybridized carbons (Fsp3) is 0.263. The minimum absolute atomic E-state index is 0.142. The van der Waals surface area contributed by atoms with Crippen LogP contribution in [0.5, 0.6) is 11.5 Å². The van der Waals surface area contributed by atoms with Gasteiger partial charge in [-0.15, -0.1) is 0 Å². The molecule has 3 N–H and O–H groups in total. The zero-order chi connectivity index (χ0) is 19.1. The molecule has 2 aromatic rings. The summed E-state index contributed by atoms with van der Waals surface area (Å²) in [4.78, 5) is 23.4. The molecule has 2 aromatic carbocycles. The van der Waals surface area contributed by atoms with Crippen LogP contribution in [0.3, 0.4) is 0 Å². The van der Waals surface area contributed by atoms with E-state index in [9.17, 15) is 9.59 Å². The van der Waals surface area contributed by atoms with Crippen molar-refractivity contribution in [2.45, 2.75) is 19.4 Å². The maximum atomic E-state index is 12.6. The van der Waals surface area contributed by atoms with E-state index >= 15 is 0 Å². The van der Waals surface area contributed by atoms with Crippen LogP contribution < -0.4 is 20.5 Å². The summed E-state index contributed by atoms with van der Waals surface area (Å²) in [7, 11) is 1.46. The van der Waals surface area contributed by atoms with Crippen molar-refractivity contribution in [2.24, 2.45) is 5.73 Å². The first-order valence-electron chi connectivity index (χ1n) is 8.10. The van der Waals surface area contributed by atoms with Crippen molar-refractivity contribution in [2.75, 3.05) is 13.7 Å². The predicted molar refractivity (Wildman–Crippen MR) is 99.6 cm³/mol. The Hall–Kier alpha value is -2.73. The third-order valence-electron chi connectivity index (χ3n) is 3.78. The van der Waals surface area contributed by atoms with Gasteiger partial charge in [-0.05, 0) is 42.3 Å². The summed E-state index contributed by atoms with van der Waals surface area (Å²) in [5, 5.41) is 3.63. The van der Waals surface area contributed by atoms with Crippen molar-refractivity contribution in [3.8, 4) is 11.5 Å². The topological polar surface area (TPSA) is 90.6 Å². The van der Waals surface area contributed by atoms with Gasteiger partial charge in [0.15, 0.2) is 18.1 Å². The number of amides is 2.